The Bertz CT molecular complexity index is 1470. The summed E-state index contributed by atoms with van der Waals surface area (Å²) >= 11 is 0. The predicted molar refractivity (Wildman–Crippen MR) is 162 cm³/mol. The van der Waals surface area contributed by atoms with Crippen molar-refractivity contribution >= 4 is 29.7 Å². The summed E-state index contributed by atoms with van der Waals surface area (Å²) in [6.07, 6.45) is -0.208. The van der Waals surface area contributed by atoms with Crippen LogP contribution in [0.4, 0.5) is 0 Å². The van der Waals surface area contributed by atoms with Gasteiger partial charge in [0.2, 0.25) is 5.90 Å². The molecule has 1 heterocycles. The molecule has 5 aromatic carbocycles. The first-order valence-electron chi connectivity index (χ1n) is 13.3. The average Bonchev–Trinajstić information content (AvgIpc) is 3.50. The molecule has 0 aromatic heterocycles. The second kappa shape index (κ2) is 12.2. The topological polar surface area (TPSA) is 30.8 Å². The van der Waals surface area contributed by atoms with Crippen LogP contribution in [-0.4, -0.2) is 18.5 Å². The lowest BCUT2D eigenvalue weighted by molar-refractivity contribution is 0.0173. The van der Waals surface area contributed by atoms with E-state index < -0.39 is 7.92 Å². The minimum Gasteiger partial charge on any atom is -0.475 e. The summed E-state index contributed by atoms with van der Waals surface area (Å²) in [5.41, 5.74) is 3.30. The van der Waals surface area contributed by atoms with E-state index in [-0.39, 0.29) is 12.1 Å². The zero-order chi connectivity index (χ0) is 26.3. The first-order valence-corrected chi connectivity index (χ1v) is 14.6. The highest BCUT2D eigenvalue weighted by Gasteiger charge is 2.32. The second-order valence-corrected chi connectivity index (χ2v) is 11.6. The van der Waals surface area contributed by atoms with Crippen LogP contribution < -0.4 is 15.9 Å². The minimum atomic E-state index is -0.785. The van der Waals surface area contributed by atoms with Gasteiger partial charge in [-0.1, -0.05) is 140 Å². The van der Waals surface area contributed by atoms with Crippen molar-refractivity contribution in [1.82, 2.24) is 0 Å². The SMILES string of the molecule is c1ccc(CO[C@H](c2ccccc2)[C@H]2COC(c3ccccc3P(c3ccccc3)c3ccccc3)=N2)cc1. The maximum absolute atomic E-state index is 6.52. The normalized spacial score (nSPS) is 15.5. The van der Waals surface area contributed by atoms with E-state index in [1.54, 1.807) is 0 Å². The van der Waals surface area contributed by atoms with E-state index in [2.05, 4.69) is 121 Å². The average molecular weight is 528 g/mol. The molecule has 1 aliphatic rings. The van der Waals surface area contributed by atoms with Crippen molar-refractivity contribution in [3.63, 3.8) is 0 Å². The Kier molecular flexibility index (Phi) is 7.91. The molecule has 6 rings (SSSR count). The van der Waals surface area contributed by atoms with Gasteiger partial charge in [0, 0.05) is 5.56 Å². The van der Waals surface area contributed by atoms with Gasteiger partial charge in [0.25, 0.3) is 0 Å². The molecule has 0 saturated carbocycles. The third kappa shape index (κ3) is 5.86. The lowest BCUT2D eigenvalue weighted by Crippen LogP contribution is -2.25. The van der Waals surface area contributed by atoms with Crippen molar-refractivity contribution in [3.8, 4) is 0 Å². The Morgan fingerprint density at radius 2 is 1.21 bits per heavy atom. The van der Waals surface area contributed by atoms with E-state index in [9.17, 15) is 0 Å². The molecule has 0 N–H and O–H groups in total. The summed E-state index contributed by atoms with van der Waals surface area (Å²) in [6.45, 7) is 0.998. The summed E-state index contributed by atoms with van der Waals surface area (Å²) in [4.78, 5) is 5.16. The molecule has 0 radical (unpaired) electrons. The van der Waals surface area contributed by atoms with Gasteiger partial charge < -0.3 is 9.47 Å². The molecule has 2 atom stereocenters. The fourth-order valence-corrected chi connectivity index (χ4v) is 7.40. The smallest absolute Gasteiger partial charge is 0.217 e. The van der Waals surface area contributed by atoms with Crippen LogP contribution >= 0.6 is 7.92 Å². The molecule has 0 amide bonds. The molecular formula is C35H30NO2P. The molecule has 4 heteroatoms. The highest BCUT2D eigenvalue weighted by molar-refractivity contribution is 7.80. The van der Waals surface area contributed by atoms with Gasteiger partial charge >= 0.3 is 0 Å². The van der Waals surface area contributed by atoms with Crippen molar-refractivity contribution in [2.24, 2.45) is 4.99 Å². The summed E-state index contributed by atoms with van der Waals surface area (Å²) in [5.74, 6) is 0.694. The highest BCUT2D eigenvalue weighted by Crippen LogP contribution is 2.35. The van der Waals surface area contributed by atoms with E-state index in [0.29, 0.717) is 19.1 Å². The van der Waals surface area contributed by atoms with Crippen molar-refractivity contribution in [2.45, 2.75) is 18.8 Å². The van der Waals surface area contributed by atoms with E-state index in [4.69, 9.17) is 14.5 Å². The number of nitrogens with zero attached hydrogens (tertiary/aromatic N) is 1. The van der Waals surface area contributed by atoms with Crippen molar-refractivity contribution < 1.29 is 9.47 Å². The van der Waals surface area contributed by atoms with Gasteiger partial charge in [-0.3, -0.25) is 0 Å². The summed E-state index contributed by atoms with van der Waals surface area (Å²) in [6, 6.07) is 50.5. The van der Waals surface area contributed by atoms with Crippen LogP contribution in [0.3, 0.4) is 0 Å². The summed E-state index contributed by atoms with van der Waals surface area (Å²) in [5, 5.41) is 3.84. The zero-order valence-corrected chi connectivity index (χ0v) is 22.5. The molecule has 0 spiro atoms. The molecule has 39 heavy (non-hydrogen) atoms. The lowest BCUT2D eigenvalue weighted by Gasteiger charge is -2.22. The number of benzene rings is 5. The third-order valence-electron chi connectivity index (χ3n) is 6.83. The molecule has 3 nitrogen and oxygen atoms in total. The summed E-state index contributed by atoms with van der Waals surface area (Å²) < 4.78 is 12.9. The predicted octanol–water partition coefficient (Wildman–Crippen LogP) is 6.55. The minimum absolute atomic E-state index is 0.140. The van der Waals surface area contributed by atoms with Gasteiger partial charge in [0.15, 0.2) is 0 Å². The van der Waals surface area contributed by atoms with Gasteiger partial charge in [-0.15, -0.1) is 0 Å². The highest BCUT2D eigenvalue weighted by atomic mass is 31.1. The standard InChI is InChI=1S/C35H30NO2P/c1-5-15-27(16-6-1)25-37-34(28-17-7-2-8-18-28)32-26-38-35(36-32)31-23-13-14-24-33(31)39(29-19-9-3-10-20-29)30-21-11-4-12-22-30/h1-24,32,34H,25-26H2/t32-,34-/m1/s1. The number of hydrogen-bond acceptors (Lipinski definition) is 3. The molecule has 5 aromatic rings. The molecule has 0 unspecified atom stereocenters. The van der Waals surface area contributed by atoms with Crippen molar-refractivity contribution in [3.05, 3.63) is 162 Å². The Balaban J connectivity index is 1.35. The first-order chi connectivity index (χ1) is 19.4. The number of hydrogen-bond donors (Lipinski definition) is 0. The van der Waals surface area contributed by atoms with Gasteiger partial charge in [0.1, 0.15) is 18.8 Å². The van der Waals surface area contributed by atoms with Crippen LogP contribution in [0.25, 0.3) is 0 Å². The van der Waals surface area contributed by atoms with Gasteiger partial charge in [-0.25, -0.2) is 4.99 Å². The van der Waals surface area contributed by atoms with E-state index in [1.807, 2.05) is 24.3 Å². The van der Waals surface area contributed by atoms with Gasteiger partial charge in [-0.2, -0.15) is 0 Å². The molecule has 192 valence electrons. The molecule has 1 aliphatic heterocycles. The van der Waals surface area contributed by atoms with Crippen LogP contribution in [-0.2, 0) is 16.1 Å². The monoisotopic (exact) mass is 527 g/mol. The Hall–Kier alpha value is -4.04. The van der Waals surface area contributed by atoms with Crippen molar-refractivity contribution in [2.75, 3.05) is 6.61 Å². The fraction of sp³-hybridized carbons (Fsp3) is 0.114. The number of rotatable bonds is 9. The first kappa shape index (κ1) is 25.2. The van der Waals surface area contributed by atoms with E-state index >= 15 is 0 Å². The third-order valence-corrected chi connectivity index (χ3v) is 9.33. The zero-order valence-electron chi connectivity index (χ0n) is 21.6. The Morgan fingerprint density at radius 3 is 1.85 bits per heavy atom. The van der Waals surface area contributed by atoms with Crippen molar-refractivity contribution in [1.29, 1.82) is 0 Å². The summed E-state index contributed by atoms with van der Waals surface area (Å²) in [7, 11) is -0.785. The fourth-order valence-electron chi connectivity index (χ4n) is 4.96. The van der Waals surface area contributed by atoms with Crippen LogP contribution in [0.2, 0.25) is 0 Å². The van der Waals surface area contributed by atoms with Crippen LogP contribution in [0, 0.1) is 0 Å². The Morgan fingerprint density at radius 1 is 0.667 bits per heavy atom. The molecule has 0 fully saturated rings. The lowest BCUT2D eigenvalue weighted by atomic mass is 10.0. The van der Waals surface area contributed by atoms with E-state index in [0.717, 1.165) is 16.7 Å². The maximum atomic E-state index is 6.52. The largest absolute Gasteiger partial charge is 0.475 e. The van der Waals surface area contributed by atoms with E-state index in [1.165, 1.54) is 15.9 Å². The molecule has 0 aliphatic carbocycles. The quantitative estimate of drug-likeness (QED) is 0.204. The Labute approximate surface area is 231 Å². The maximum Gasteiger partial charge on any atom is 0.217 e. The molecule has 0 saturated heterocycles. The van der Waals surface area contributed by atoms with Crippen LogP contribution in [0.1, 0.15) is 22.8 Å². The molecule has 0 bridgehead atoms. The van der Waals surface area contributed by atoms with Gasteiger partial charge in [0.05, 0.1) is 6.61 Å². The molecular weight excluding hydrogens is 497 g/mol. The number of ether oxygens (including phenoxy) is 2. The second-order valence-electron chi connectivity index (χ2n) is 9.46. The van der Waals surface area contributed by atoms with Crippen LogP contribution in [0.5, 0.6) is 0 Å². The number of aliphatic imine (C=N–C) groups is 1. The van der Waals surface area contributed by atoms with Crippen LogP contribution in [0.15, 0.2) is 151 Å². The van der Waals surface area contributed by atoms with Gasteiger partial charge in [-0.05, 0) is 41.0 Å².